The van der Waals surface area contributed by atoms with E-state index in [1.54, 1.807) is 6.20 Å². The zero-order valence-corrected chi connectivity index (χ0v) is 12.7. The van der Waals surface area contributed by atoms with Gasteiger partial charge in [0.1, 0.15) is 0 Å². The molecule has 0 fully saturated rings. The Morgan fingerprint density at radius 2 is 2.09 bits per heavy atom. The lowest BCUT2D eigenvalue weighted by atomic mass is 10.2. The third-order valence-corrected chi connectivity index (χ3v) is 3.80. The van der Waals surface area contributed by atoms with E-state index < -0.39 is 0 Å². The van der Waals surface area contributed by atoms with Gasteiger partial charge in [0.15, 0.2) is 0 Å². The van der Waals surface area contributed by atoms with E-state index >= 15 is 0 Å². The highest BCUT2D eigenvalue weighted by molar-refractivity contribution is 5.81. The number of rotatable bonds is 6. The van der Waals surface area contributed by atoms with E-state index in [-0.39, 0.29) is 5.91 Å². The van der Waals surface area contributed by atoms with Gasteiger partial charge in [-0.25, -0.2) is 0 Å². The third-order valence-electron chi connectivity index (χ3n) is 3.80. The second kappa shape index (κ2) is 6.47. The molecule has 0 aliphatic carbocycles. The third kappa shape index (κ3) is 3.19. The van der Waals surface area contributed by atoms with Gasteiger partial charge in [0.25, 0.3) is 0 Å². The van der Waals surface area contributed by atoms with E-state index in [0.29, 0.717) is 26.1 Å². The zero-order valence-electron chi connectivity index (χ0n) is 12.7. The molecular formula is C17H20N4O. The molecule has 0 unspecified atom stereocenters. The number of para-hydroxylation sites is 1. The molecule has 5 nitrogen and oxygen atoms in total. The van der Waals surface area contributed by atoms with Gasteiger partial charge in [0.2, 0.25) is 5.91 Å². The Hall–Kier alpha value is -2.56. The Labute approximate surface area is 129 Å². The number of amides is 1. The number of nitrogens with one attached hydrogen (secondary N) is 1. The first kappa shape index (κ1) is 14.4. The van der Waals surface area contributed by atoms with Crippen LogP contribution in [0.2, 0.25) is 0 Å². The molecule has 114 valence electrons. The number of aryl methyl sites for hydroxylation is 2. The predicted molar refractivity (Wildman–Crippen MR) is 86.5 cm³/mol. The smallest absolute Gasteiger partial charge is 0.221 e. The van der Waals surface area contributed by atoms with Crippen molar-refractivity contribution in [2.45, 2.75) is 26.4 Å². The summed E-state index contributed by atoms with van der Waals surface area (Å²) < 4.78 is 4.01. The highest BCUT2D eigenvalue weighted by Crippen LogP contribution is 2.19. The highest BCUT2D eigenvalue weighted by atomic mass is 16.1. The van der Waals surface area contributed by atoms with Crippen molar-refractivity contribution in [2.24, 2.45) is 0 Å². The van der Waals surface area contributed by atoms with Gasteiger partial charge in [-0.05, 0) is 30.5 Å². The summed E-state index contributed by atoms with van der Waals surface area (Å²) in [6, 6.07) is 12.3. The maximum Gasteiger partial charge on any atom is 0.221 e. The number of benzene rings is 1. The summed E-state index contributed by atoms with van der Waals surface area (Å²) in [7, 11) is 0. The number of aromatic nitrogens is 3. The SMILES string of the molecule is Cc1cc2ccccc2n1CCC(=O)NCCn1cccn1. The fourth-order valence-corrected chi connectivity index (χ4v) is 2.69. The van der Waals surface area contributed by atoms with Crippen LogP contribution in [0, 0.1) is 6.92 Å². The van der Waals surface area contributed by atoms with Gasteiger partial charge in [-0.15, -0.1) is 0 Å². The summed E-state index contributed by atoms with van der Waals surface area (Å²) in [5.41, 5.74) is 2.37. The maximum atomic E-state index is 12.0. The van der Waals surface area contributed by atoms with E-state index in [9.17, 15) is 4.79 Å². The number of nitrogens with zero attached hydrogens (tertiary/aromatic N) is 3. The van der Waals surface area contributed by atoms with Gasteiger partial charge < -0.3 is 9.88 Å². The van der Waals surface area contributed by atoms with Crippen molar-refractivity contribution in [2.75, 3.05) is 6.54 Å². The Balaban J connectivity index is 1.53. The van der Waals surface area contributed by atoms with Gasteiger partial charge in [-0.3, -0.25) is 9.48 Å². The van der Waals surface area contributed by atoms with E-state index in [0.717, 1.165) is 0 Å². The van der Waals surface area contributed by atoms with Crippen molar-refractivity contribution < 1.29 is 4.79 Å². The maximum absolute atomic E-state index is 12.0. The topological polar surface area (TPSA) is 51.9 Å². The molecule has 0 radical (unpaired) electrons. The number of hydrogen-bond acceptors (Lipinski definition) is 2. The van der Waals surface area contributed by atoms with Crippen LogP contribution in [-0.2, 0) is 17.9 Å². The summed E-state index contributed by atoms with van der Waals surface area (Å²) in [5, 5.41) is 8.27. The van der Waals surface area contributed by atoms with Crippen LogP contribution in [0.4, 0.5) is 0 Å². The Kier molecular flexibility index (Phi) is 4.23. The molecule has 3 rings (SSSR count). The van der Waals surface area contributed by atoms with Crippen LogP contribution in [0.1, 0.15) is 12.1 Å². The first-order valence-corrected chi connectivity index (χ1v) is 7.53. The summed E-state index contributed by atoms with van der Waals surface area (Å²) >= 11 is 0. The number of carbonyl (C=O) groups is 1. The first-order chi connectivity index (χ1) is 10.7. The normalized spacial score (nSPS) is 11.0. The molecule has 5 heteroatoms. The molecular weight excluding hydrogens is 276 g/mol. The first-order valence-electron chi connectivity index (χ1n) is 7.53. The number of hydrogen-bond donors (Lipinski definition) is 1. The minimum atomic E-state index is 0.0735. The van der Waals surface area contributed by atoms with Crippen LogP contribution < -0.4 is 5.32 Å². The van der Waals surface area contributed by atoms with E-state index in [1.165, 1.54) is 16.6 Å². The predicted octanol–water partition coefficient (Wildman–Crippen LogP) is 2.35. The highest BCUT2D eigenvalue weighted by Gasteiger charge is 2.07. The molecule has 0 atom stereocenters. The second-order valence-electron chi connectivity index (χ2n) is 5.37. The Bertz CT molecular complexity index is 758. The lowest BCUT2D eigenvalue weighted by Crippen LogP contribution is -2.28. The van der Waals surface area contributed by atoms with Crippen LogP contribution in [0.5, 0.6) is 0 Å². The fraction of sp³-hybridized carbons (Fsp3) is 0.294. The lowest BCUT2D eigenvalue weighted by Gasteiger charge is -2.09. The molecule has 0 bridgehead atoms. The van der Waals surface area contributed by atoms with Crippen LogP contribution in [-0.4, -0.2) is 26.8 Å². The van der Waals surface area contributed by atoms with Crippen LogP contribution >= 0.6 is 0 Å². The van der Waals surface area contributed by atoms with Crippen molar-refractivity contribution in [1.29, 1.82) is 0 Å². The Morgan fingerprint density at radius 3 is 2.91 bits per heavy atom. The lowest BCUT2D eigenvalue weighted by molar-refractivity contribution is -0.121. The molecule has 0 saturated heterocycles. The van der Waals surface area contributed by atoms with Crippen LogP contribution in [0.3, 0.4) is 0 Å². The van der Waals surface area contributed by atoms with Crippen molar-refractivity contribution in [3.8, 4) is 0 Å². The van der Waals surface area contributed by atoms with Gasteiger partial charge in [0.05, 0.1) is 6.54 Å². The van der Waals surface area contributed by atoms with E-state index in [2.05, 4.69) is 40.1 Å². The average molecular weight is 296 g/mol. The molecule has 22 heavy (non-hydrogen) atoms. The minimum absolute atomic E-state index is 0.0735. The molecule has 1 N–H and O–H groups in total. The molecule has 0 aliphatic heterocycles. The van der Waals surface area contributed by atoms with Gasteiger partial charge >= 0.3 is 0 Å². The molecule has 1 amide bonds. The Morgan fingerprint density at radius 1 is 1.23 bits per heavy atom. The summed E-state index contributed by atoms with van der Waals surface area (Å²) in [5.74, 6) is 0.0735. The summed E-state index contributed by atoms with van der Waals surface area (Å²) in [6.45, 7) is 4.08. The van der Waals surface area contributed by atoms with E-state index in [4.69, 9.17) is 0 Å². The zero-order chi connectivity index (χ0) is 15.4. The van der Waals surface area contributed by atoms with Crippen molar-refractivity contribution in [1.82, 2.24) is 19.7 Å². The van der Waals surface area contributed by atoms with E-state index in [1.807, 2.05) is 29.1 Å². The van der Waals surface area contributed by atoms with Crippen LogP contribution in [0.15, 0.2) is 48.8 Å². The quantitative estimate of drug-likeness (QED) is 0.759. The summed E-state index contributed by atoms with van der Waals surface area (Å²) in [4.78, 5) is 12.0. The second-order valence-corrected chi connectivity index (χ2v) is 5.37. The fourth-order valence-electron chi connectivity index (χ4n) is 2.69. The van der Waals surface area contributed by atoms with Crippen molar-refractivity contribution in [3.63, 3.8) is 0 Å². The van der Waals surface area contributed by atoms with Crippen molar-refractivity contribution in [3.05, 3.63) is 54.5 Å². The number of carbonyl (C=O) groups excluding carboxylic acids is 1. The van der Waals surface area contributed by atoms with Crippen molar-refractivity contribution >= 4 is 16.8 Å². The monoisotopic (exact) mass is 296 g/mol. The molecule has 2 aromatic heterocycles. The number of fused-ring (bicyclic) bond motifs is 1. The molecule has 0 saturated carbocycles. The average Bonchev–Trinajstić information content (AvgIpc) is 3.12. The van der Waals surface area contributed by atoms with Crippen LogP contribution in [0.25, 0.3) is 10.9 Å². The molecule has 3 aromatic rings. The standard InChI is InChI=1S/C17H20N4O/c1-14-13-15-5-2-3-6-16(15)21(14)11-7-17(22)18-9-12-20-10-4-8-19-20/h2-6,8,10,13H,7,9,11-12H2,1H3,(H,18,22). The summed E-state index contributed by atoms with van der Waals surface area (Å²) in [6.07, 6.45) is 4.11. The molecule has 0 spiro atoms. The molecule has 2 heterocycles. The minimum Gasteiger partial charge on any atom is -0.354 e. The largest absolute Gasteiger partial charge is 0.354 e. The van der Waals surface area contributed by atoms with Gasteiger partial charge in [-0.1, -0.05) is 18.2 Å². The van der Waals surface area contributed by atoms with Gasteiger partial charge in [0, 0.05) is 43.1 Å². The van der Waals surface area contributed by atoms with Gasteiger partial charge in [-0.2, -0.15) is 5.10 Å². The molecule has 1 aromatic carbocycles. The molecule has 0 aliphatic rings.